The van der Waals surface area contributed by atoms with E-state index in [0.717, 1.165) is 60.7 Å². The summed E-state index contributed by atoms with van der Waals surface area (Å²) in [5.41, 5.74) is 14.7. The van der Waals surface area contributed by atoms with Crippen LogP contribution in [-0.2, 0) is 5.41 Å². The molecule has 0 fully saturated rings. The number of furan rings is 2. The molecule has 0 aliphatic heterocycles. The fourth-order valence-corrected chi connectivity index (χ4v) is 8.54. The topological polar surface area (TPSA) is 31.2 Å². The predicted octanol–water partition coefficient (Wildman–Crippen LogP) is 12.6. The van der Waals surface area contributed by atoms with Gasteiger partial charge in [0.25, 0.3) is 0 Å². The number of para-hydroxylation sites is 3. The molecular weight excluding hydrogens is 587 g/mol. The van der Waals surface area contributed by atoms with Crippen molar-refractivity contribution in [1.82, 2.24) is 4.57 Å². The van der Waals surface area contributed by atoms with E-state index in [1.54, 1.807) is 0 Å². The molecule has 1 aliphatic carbocycles. The van der Waals surface area contributed by atoms with Crippen molar-refractivity contribution >= 4 is 65.7 Å². The molecule has 10 aromatic rings. The molecule has 0 saturated carbocycles. The Kier molecular flexibility index (Phi) is 4.91. The van der Waals surface area contributed by atoms with Crippen molar-refractivity contribution in [3.63, 3.8) is 0 Å². The van der Waals surface area contributed by atoms with E-state index in [2.05, 4.69) is 140 Å². The summed E-state index contributed by atoms with van der Waals surface area (Å²) in [6.45, 7) is 4.71. The van der Waals surface area contributed by atoms with Crippen LogP contribution in [0.2, 0.25) is 0 Å². The lowest BCUT2D eigenvalue weighted by Gasteiger charge is -2.21. The van der Waals surface area contributed by atoms with Gasteiger partial charge < -0.3 is 13.4 Å². The minimum Gasteiger partial charge on any atom is -0.456 e. The van der Waals surface area contributed by atoms with Crippen LogP contribution in [0.3, 0.4) is 0 Å². The third-order valence-electron chi connectivity index (χ3n) is 10.8. The summed E-state index contributed by atoms with van der Waals surface area (Å²) in [6, 6.07) is 50.2. The van der Waals surface area contributed by atoms with Gasteiger partial charge in [0.2, 0.25) is 0 Å². The number of benzene rings is 7. The van der Waals surface area contributed by atoms with Gasteiger partial charge in [0.15, 0.2) is 0 Å². The Bertz CT molecular complexity index is 2970. The Morgan fingerprint density at radius 1 is 0.479 bits per heavy atom. The van der Waals surface area contributed by atoms with Crippen molar-refractivity contribution in [3.8, 4) is 27.9 Å². The molecule has 7 aromatic carbocycles. The number of rotatable bonds is 2. The molecule has 1 aliphatic rings. The van der Waals surface area contributed by atoms with Gasteiger partial charge >= 0.3 is 0 Å². The molecule has 3 heterocycles. The van der Waals surface area contributed by atoms with Gasteiger partial charge in [-0.2, -0.15) is 0 Å². The molecule has 3 nitrogen and oxygen atoms in total. The summed E-state index contributed by atoms with van der Waals surface area (Å²) < 4.78 is 15.3. The Morgan fingerprint density at radius 3 is 2.04 bits per heavy atom. The monoisotopic (exact) mass is 615 g/mol. The van der Waals surface area contributed by atoms with Crippen LogP contribution in [0.1, 0.15) is 25.0 Å². The molecule has 0 N–H and O–H groups in total. The normalized spacial score (nSPS) is 13.8. The van der Waals surface area contributed by atoms with Gasteiger partial charge in [-0.05, 0) is 76.3 Å². The van der Waals surface area contributed by atoms with Gasteiger partial charge in [0, 0.05) is 43.6 Å². The summed E-state index contributed by atoms with van der Waals surface area (Å²) in [4.78, 5) is 0. The Labute approximate surface area is 276 Å². The maximum atomic E-state index is 6.43. The molecule has 48 heavy (non-hydrogen) atoms. The van der Waals surface area contributed by atoms with Crippen LogP contribution >= 0.6 is 0 Å². The molecule has 0 radical (unpaired) electrons. The SMILES string of the molecule is CC1(C)c2ccccc2-c2cc3c4ccc5oc6ccccc6c5c4n(-c4ccc(-c5cccc6c5oc5ccccc56)cc4)c3cc21. The lowest BCUT2D eigenvalue weighted by Crippen LogP contribution is -2.14. The first-order valence-electron chi connectivity index (χ1n) is 16.6. The van der Waals surface area contributed by atoms with Crippen LogP contribution in [0.5, 0.6) is 0 Å². The largest absolute Gasteiger partial charge is 0.456 e. The molecule has 11 rings (SSSR count). The van der Waals surface area contributed by atoms with E-state index < -0.39 is 0 Å². The van der Waals surface area contributed by atoms with E-state index in [9.17, 15) is 0 Å². The van der Waals surface area contributed by atoms with Gasteiger partial charge in [-0.15, -0.1) is 0 Å². The second kappa shape index (κ2) is 9.05. The van der Waals surface area contributed by atoms with E-state index in [4.69, 9.17) is 8.83 Å². The van der Waals surface area contributed by atoms with E-state index in [-0.39, 0.29) is 5.41 Å². The highest BCUT2D eigenvalue weighted by molar-refractivity contribution is 6.25. The fraction of sp³-hybridized carbons (Fsp3) is 0.0667. The summed E-state index contributed by atoms with van der Waals surface area (Å²) in [5.74, 6) is 0. The standard InChI is InChI=1S/C45H29NO2/c1-45(2)36-15-6-3-10-29(36)34-24-35-31-22-23-41-42(33-12-5-8-17-40(33)47-41)43(31)46(38(35)25-37(34)45)27-20-18-26(19-21-27)28-13-9-14-32-30-11-4-7-16-39(30)48-44(28)32/h3-25H,1-2H3. The Balaban J connectivity index is 1.21. The van der Waals surface area contributed by atoms with Crippen LogP contribution in [0.15, 0.2) is 148 Å². The van der Waals surface area contributed by atoms with Crippen molar-refractivity contribution in [3.05, 3.63) is 151 Å². The predicted molar refractivity (Wildman–Crippen MR) is 198 cm³/mol. The summed E-state index contributed by atoms with van der Waals surface area (Å²) in [7, 11) is 0. The van der Waals surface area contributed by atoms with Crippen molar-refractivity contribution in [2.24, 2.45) is 0 Å². The molecule has 0 unspecified atom stereocenters. The third kappa shape index (κ3) is 3.28. The van der Waals surface area contributed by atoms with Crippen molar-refractivity contribution in [2.75, 3.05) is 0 Å². The highest BCUT2D eigenvalue weighted by Gasteiger charge is 2.36. The maximum Gasteiger partial charge on any atom is 0.143 e. The molecule has 3 heteroatoms. The number of fused-ring (bicyclic) bond motifs is 13. The molecule has 0 atom stereocenters. The zero-order valence-corrected chi connectivity index (χ0v) is 26.5. The third-order valence-corrected chi connectivity index (χ3v) is 10.8. The van der Waals surface area contributed by atoms with Crippen LogP contribution in [0.4, 0.5) is 0 Å². The Hall–Kier alpha value is -6.06. The lowest BCUT2D eigenvalue weighted by molar-refractivity contribution is 0.661. The van der Waals surface area contributed by atoms with E-state index >= 15 is 0 Å². The van der Waals surface area contributed by atoms with E-state index in [1.165, 1.54) is 44.1 Å². The minimum atomic E-state index is -0.103. The molecule has 226 valence electrons. The van der Waals surface area contributed by atoms with Gasteiger partial charge in [0.05, 0.1) is 16.4 Å². The second-order valence-electron chi connectivity index (χ2n) is 13.7. The summed E-state index contributed by atoms with van der Waals surface area (Å²) in [5, 5.41) is 7.04. The van der Waals surface area contributed by atoms with Gasteiger partial charge in [0.1, 0.15) is 22.3 Å². The van der Waals surface area contributed by atoms with Gasteiger partial charge in [-0.25, -0.2) is 0 Å². The fourth-order valence-electron chi connectivity index (χ4n) is 8.54. The lowest BCUT2D eigenvalue weighted by atomic mass is 9.82. The summed E-state index contributed by atoms with van der Waals surface area (Å²) in [6.07, 6.45) is 0. The van der Waals surface area contributed by atoms with Crippen molar-refractivity contribution in [2.45, 2.75) is 19.3 Å². The van der Waals surface area contributed by atoms with E-state index in [0.29, 0.717) is 0 Å². The summed E-state index contributed by atoms with van der Waals surface area (Å²) >= 11 is 0. The highest BCUT2D eigenvalue weighted by atomic mass is 16.3. The van der Waals surface area contributed by atoms with Crippen LogP contribution < -0.4 is 0 Å². The van der Waals surface area contributed by atoms with Crippen molar-refractivity contribution in [1.29, 1.82) is 0 Å². The molecule has 3 aromatic heterocycles. The number of aromatic nitrogens is 1. The molecule has 0 amide bonds. The highest BCUT2D eigenvalue weighted by Crippen LogP contribution is 2.52. The van der Waals surface area contributed by atoms with E-state index in [1.807, 2.05) is 18.2 Å². The Morgan fingerprint density at radius 2 is 1.19 bits per heavy atom. The van der Waals surface area contributed by atoms with Crippen LogP contribution in [0, 0.1) is 0 Å². The maximum absolute atomic E-state index is 6.43. The first kappa shape index (κ1) is 26.1. The minimum absolute atomic E-state index is 0.103. The van der Waals surface area contributed by atoms with Crippen molar-refractivity contribution < 1.29 is 8.83 Å². The zero-order chi connectivity index (χ0) is 31.7. The van der Waals surface area contributed by atoms with Gasteiger partial charge in [-0.3, -0.25) is 0 Å². The molecule has 0 spiro atoms. The second-order valence-corrected chi connectivity index (χ2v) is 13.7. The number of nitrogens with zero attached hydrogens (tertiary/aromatic N) is 1. The average molecular weight is 616 g/mol. The molecular formula is C45H29NO2. The number of hydrogen-bond donors (Lipinski definition) is 0. The van der Waals surface area contributed by atoms with Gasteiger partial charge in [-0.1, -0.05) is 105 Å². The van der Waals surface area contributed by atoms with Crippen LogP contribution in [0.25, 0.3) is 93.6 Å². The smallest absolute Gasteiger partial charge is 0.143 e. The van der Waals surface area contributed by atoms with Crippen LogP contribution in [-0.4, -0.2) is 4.57 Å². The quantitative estimate of drug-likeness (QED) is 0.194. The molecule has 0 bridgehead atoms. The average Bonchev–Trinajstić information content (AvgIpc) is 3.84. The molecule has 0 saturated heterocycles. The zero-order valence-electron chi connectivity index (χ0n) is 26.5. The first-order chi connectivity index (χ1) is 23.6. The first-order valence-corrected chi connectivity index (χ1v) is 16.6. The number of hydrogen-bond acceptors (Lipinski definition) is 2.